The van der Waals surface area contributed by atoms with Crippen LogP contribution in [-0.4, -0.2) is 0 Å². The lowest BCUT2D eigenvalue weighted by Gasteiger charge is -2.10. The number of aryl methyl sites for hydroxylation is 5. The van der Waals surface area contributed by atoms with Crippen LogP contribution in [0.15, 0.2) is 388 Å². The van der Waals surface area contributed by atoms with Crippen molar-refractivity contribution in [3.05, 3.63) is 427 Å². The van der Waals surface area contributed by atoms with Crippen LogP contribution in [0, 0.1) is 34.6 Å². The van der Waals surface area contributed by atoms with Gasteiger partial charge in [-0.1, -0.05) is 352 Å². The Balaban J connectivity index is 0.942. The van der Waals surface area contributed by atoms with E-state index in [-0.39, 0.29) is 0 Å². The van der Waals surface area contributed by atoms with E-state index in [0.29, 0.717) is 0 Å². The molecule has 12 bridgehead atoms. The van der Waals surface area contributed by atoms with Crippen molar-refractivity contribution in [2.45, 2.75) is 40.4 Å². The van der Waals surface area contributed by atoms with Gasteiger partial charge in [-0.2, -0.15) is 0 Å². The molecule has 0 unspecified atom stereocenters. The summed E-state index contributed by atoms with van der Waals surface area (Å²) in [5, 5.41) is 44.0. The molecule has 18 aromatic rings. The van der Waals surface area contributed by atoms with Gasteiger partial charge in [0.25, 0.3) is 0 Å². The third kappa shape index (κ3) is 13.5. The maximum Gasteiger partial charge on any atom is 0.0232 e. The summed E-state index contributed by atoms with van der Waals surface area (Å²) in [6.45, 7) is 11.2. The Morgan fingerprint density at radius 1 is 0.150 bits per heavy atom. The van der Waals surface area contributed by atoms with Crippen molar-refractivity contribution in [2.24, 2.45) is 0 Å². The summed E-state index contributed by atoms with van der Waals surface area (Å²) in [4.78, 5) is 0. The van der Waals surface area contributed by atoms with Gasteiger partial charge in [-0.3, -0.25) is 0 Å². The molecule has 0 saturated heterocycles. The van der Waals surface area contributed by atoms with Gasteiger partial charge < -0.3 is 0 Å². The summed E-state index contributed by atoms with van der Waals surface area (Å²) in [5.74, 6) is 0.850. The number of thioether (sulfide) groups is 1. The topological polar surface area (TPSA) is 0 Å². The average molecular weight is 1460 g/mol. The van der Waals surface area contributed by atoms with Crippen LogP contribution in [0.1, 0.15) is 33.4 Å². The van der Waals surface area contributed by atoms with E-state index < -0.39 is 0 Å². The minimum Gasteiger partial charge on any atom is -0.129 e. The molecule has 0 fully saturated rings. The highest BCUT2D eigenvalue weighted by molar-refractivity contribution is 8.05. The number of benzene rings is 17. The lowest BCUT2D eigenvalue weighted by atomic mass is 9.96. The van der Waals surface area contributed by atoms with E-state index in [4.69, 9.17) is 0 Å². The summed E-state index contributed by atoms with van der Waals surface area (Å²) in [5.41, 5.74) is 7.30. The van der Waals surface area contributed by atoms with Gasteiger partial charge >= 0.3 is 0 Å². The third-order valence-electron chi connectivity index (χ3n) is 22.8. The predicted octanol–water partition coefficient (Wildman–Crippen LogP) is 31.5. The summed E-state index contributed by atoms with van der Waals surface area (Å²) in [7, 11) is 0. The Morgan fingerprint density at radius 2 is 0.292 bits per heavy atom. The minimum absolute atomic E-state index is 0.850. The third-order valence-corrected chi connectivity index (χ3v) is 23.7. The molecule has 0 nitrogen and oxygen atoms in total. The molecule has 1 heterocycles. The molecule has 0 spiro atoms. The van der Waals surface area contributed by atoms with E-state index in [2.05, 4.69) is 428 Å². The lowest BCUT2D eigenvalue weighted by molar-refractivity contribution is 1.46. The molecule has 18 aromatic carbocycles. The normalized spacial score (nSPS) is 11.8. The molecule has 0 aromatic heterocycles. The Bertz CT molecular complexity index is 7800. The second kappa shape index (κ2) is 30.1. The fraction of sp³-hybridized carbons (Fsp3) is 0.0536. The molecule has 0 saturated carbocycles. The standard InChI is InChI=1S/C112H82S/c1-72-54-77-64-78(55-72)90-31-7-19-43-102(90)104-45-21-9-33-92(104)80-57-74(3)59-82(66-80)94-35-11-23-47-106(94)108-49-25-13-37-96(108)84-61-76(5)63-86(68-84)98-39-15-27-51-110(98)112-53-29-17-41-100(112)88-69-87(70-113-71-88)99-40-16-28-52-111(99)109-50-26-14-38-97(109)85-62-75(4)60-83(67-85)95-36-12-24-48-107(95)105-46-22-10-34-93(105)81-58-73(2)56-79(65-81)91-32-8-20-44-103(91)101-42-18-6-30-89(77)101/h6-70H,71H2,1-5H3. The zero-order chi connectivity index (χ0) is 76.0. The maximum absolute atomic E-state index is 2.46. The van der Waals surface area contributed by atoms with E-state index in [9.17, 15) is 0 Å². The van der Waals surface area contributed by atoms with Crippen LogP contribution < -0.4 is 5.22 Å². The summed E-state index contributed by atoms with van der Waals surface area (Å²) >= 11 is 1.88. The highest BCUT2D eigenvalue weighted by Gasteiger charge is 2.13. The number of hydrogen-bond donors (Lipinski definition) is 0. The predicted molar refractivity (Wildman–Crippen MR) is 500 cm³/mol. The van der Waals surface area contributed by atoms with E-state index in [0.717, 1.165) is 5.75 Å². The monoisotopic (exact) mass is 1460 g/mol. The van der Waals surface area contributed by atoms with Crippen molar-refractivity contribution in [3.63, 3.8) is 0 Å². The SMILES string of the molecule is Cc1cc2cc(c1)c1ccccc1c1ccccc1c1cc(C)cc(c1)c1ccccc1c1ccccc1c1cc(C)cc(c1)c1ccccc1c1ccccc1c1cc(C)cc(c1)c1ccccc1c1ccccc1c1cc(C)cc(c1)c1ccccc1c1ccccc1c1cc(c3ccccc3c3ccccc23)CSC=1. The van der Waals surface area contributed by atoms with Crippen LogP contribution in [0.2, 0.25) is 0 Å². The van der Waals surface area contributed by atoms with Crippen molar-refractivity contribution in [1.29, 1.82) is 0 Å². The Labute approximate surface area is 662 Å². The van der Waals surface area contributed by atoms with Crippen LogP contribution in [-0.2, 0) is 5.75 Å². The molecule has 19 rings (SSSR count). The second-order valence-electron chi connectivity index (χ2n) is 30.5. The highest BCUT2D eigenvalue weighted by Crippen LogP contribution is 2.39. The molecule has 0 atom stereocenters. The number of hydrogen-bond acceptors (Lipinski definition) is 1. The van der Waals surface area contributed by atoms with Crippen molar-refractivity contribution >= 4 is 200 Å². The fourth-order valence-corrected chi connectivity index (χ4v) is 18.8. The molecule has 1 aliphatic rings. The molecule has 0 radical (unpaired) electrons. The summed E-state index contributed by atoms with van der Waals surface area (Å²) in [6, 6.07) is 146. The first kappa shape index (κ1) is 70.0. The van der Waals surface area contributed by atoms with E-state index in [1.807, 2.05) is 11.8 Å². The fourth-order valence-electron chi connectivity index (χ4n) is 17.9. The Morgan fingerprint density at radius 3 is 0.478 bits per heavy atom. The summed E-state index contributed by atoms with van der Waals surface area (Å²) < 4.78 is 0. The molecule has 536 valence electrons. The first-order valence-corrected chi connectivity index (χ1v) is 40.4. The lowest BCUT2D eigenvalue weighted by Crippen LogP contribution is -2.04. The Hall–Kier alpha value is -13.4. The van der Waals surface area contributed by atoms with Crippen molar-refractivity contribution < 1.29 is 0 Å². The first-order chi connectivity index (χ1) is 55.6. The van der Waals surface area contributed by atoms with Gasteiger partial charge in [0, 0.05) is 5.75 Å². The number of fused-ring (bicyclic) bond motifs is 42. The van der Waals surface area contributed by atoms with Crippen LogP contribution in [0.25, 0.3) is 189 Å². The van der Waals surface area contributed by atoms with Crippen molar-refractivity contribution in [1.82, 2.24) is 0 Å². The first-order valence-electron chi connectivity index (χ1n) is 39.3. The molecular formula is C112H82S. The van der Waals surface area contributed by atoms with Crippen LogP contribution >= 0.6 is 11.8 Å². The van der Waals surface area contributed by atoms with Crippen molar-refractivity contribution in [3.8, 4) is 0 Å². The van der Waals surface area contributed by atoms with Gasteiger partial charge in [0.05, 0.1) is 0 Å². The smallest absolute Gasteiger partial charge is 0.0232 e. The van der Waals surface area contributed by atoms with Crippen molar-refractivity contribution in [2.75, 3.05) is 0 Å². The summed E-state index contributed by atoms with van der Waals surface area (Å²) in [6.07, 6.45) is 0. The largest absolute Gasteiger partial charge is 0.129 e. The molecule has 113 heavy (non-hydrogen) atoms. The minimum atomic E-state index is 0.850. The zero-order valence-electron chi connectivity index (χ0n) is 64.1. The van der Waals surface area contributed by atoms with Gasteiger partial charge in [-0.25, -0.2) is 0 Å². The quantitative estimate of drug-likeness (QED) is 0.146. The van der Waals surface area contributed by atoms with Gasteiger partial charge in [-0.05, 0) is 298 Å². The van der Waals surface area contributed by atoms with E-state index >= 15 is 0 Å². The molecule has 1 heteroatoms. The van der Waals surface area contributed by atoms with E-state index in [1.165, 1.54) is 222 Å². The number of rotatable bonds is 0. The van der Waals surface area contributed by atoms with Crippen LogP contribution in [0.5, 0.6) is 0 Å². The van der Waals surface area contributed by atoms with Crippen LogP contribution in [0.4, 0.5) is 0 Å². The maximum atomic E-state index is 2.46. The van der Waals surface area contributed by atoms with E-state index in [1.54, 1.807) is 0 Å². The van der Waals surface area contributed by atoms with Gasteiger partial charge in [0.1, 0.15) is 0 Å². The molecule has 0 aliphatic carbocycles. The molecular weight excluding hydrogens is 1380 g/mol. The van der Waals surface area contributed by atoms with Gasteiger partial charge in [-0.15, -0.1) is 11.8 Å². The molecule has 0 amide bonds. The molecule has 1 aliphatic heterocycles. The zero-order valence-corrected chi connectivity index (χ0v) is 65.0. The van der Waals surface area contributed by atoms with Gasteiger partial charge in [0.2, 0.25) is 0 Å². The highest BCUT2D eigenvalue weighted by atomic mass is 32.2. The van der Waals surface area contributed by atoms with Crippen LogP contribution in [0.3, 0.4) is 0 Å². The second-order valence-corrected chi connectivity index (χ2v) is 31.4. The molecule has 0 N–H and O–H groups in total. The van der Waals surface area contributed by atoms with Gasteiger partial charge in [0.15, 0.2) is 0 Å². The Kier molecular flexibility index (Phi) is 18.6. The average Bonchev–Trinajstić information content (AvgIpc) is 0.771.